The van der Waals surface area contributed by atoms with Gasteiger partial charge in [-0.05, 0) is 35.9 Å². The Kier molecular flexibility index (Phi) is 4.34. The molecule has 0 amide bonds. The first kappa shape index (κ1) is 15.6. The van der Waals surface area contributed by atoms with Crippen LogP contribution in [0.4, 0.5) is 8.78 Å². The molecule has 0 bridgehead atoms. The minimum absolute atomic E-state index is 0.0698. The van der Waals surface area contributed by atoms with Gasteiger partial charge in [-0.1, -0.05) is 34.1 Å². The van der Waals surface area contributed by atoms with E-state index in [2.05, 4.69) is 21.0 Å². The van der Waals surface area contributed by atoms with Crippen LogP contribution in [0.15, 0.2) is 63.9 Å². The van der Waals surface area contributed by atoms with Crippen LogP contribution in [-0.4, -0.2) is 9.78 Å². The minimum atomic E-state index is -0.945. The molecule has 6 heteroatoms. The molecule has 0 saturated carbocycles. The Hall–Kier alpha value is -2.34. The van der Waals surface area contributed by atoms with Crippen molar-refractivity contribution in [3.8, 4) is 11.3 Å². The second-order valence-electron chi connectivity index (χ2n) is 4.97. The van der Waals surface area contributed by atoms with E-state index in [0.717, 1.165) is 22.2 Å². The summed E-state index contributed by atoms with van der Waals surface area (Å²) >= 11 is 3.36. The van der Waals surface area contributed by atoms with E-state index in [1.54, 1.807) is 6.07 Å². The van der Waals surface area contributed by atoms with Crippen LogP contribution in [0.3, 0.4) is 0 Å². The third-order valence-electron chi connectivity index (χ3n) is 3.32. The number of hydrogen-bond acceptors (Lipinski definition) is 2. The van der Waals surface area contributed by atoms with E-state index in [9.17, 15) is 13.6 Å². The number of nitrogens with zero attached hydrogens (tertiary/aromatic N) is 2. The molecule has 23 heavy (non-hydrogen) atoms. The number of halogens is 3. The van der Waals surface area contributed by atoms with Crippen LogP contribution in [0.5, 0.6) is 0 Å². The van der Waals surface area contributed by atoms with Gasteiger partial charge < -0.3 is 0 Å². The lowest BCUT2D eigenvalue weighted by molar-refractivity contribution is 0.505. The van der Waals surface area contributed by atoms with Crippen molar-refractivity contribution in [3.05, 3.63) is 86.6 Å². The van der Waals surface area contributed by atoms with Gasteiger partial charge in [-0.25, -0.2) is 13.5 Å². The average Bonchev–Trinajstić information content (AvgIpc) is 2.54. The van der Waals surface area contributed by atoms with Crippen molar-refractivity contribution in [2.45, 2.75) is 6.54 Å². The molecule has 0 atom stereocenters. The second kappa shape index (κ2) is 6.42. The Morgan fingerprint density at radius 1 is 0.957 bits per heavy atom. The molecule has 1 aromatic heterocycles. The van der Waals surface area contributed by atoms with Crippen molar-refractivity contribution in [1.29, 1.82) is 0 Å². The van der Waals surface area contributed by atoms with Crippen molar-refractivity contribution < 1.29 is 8.78 Å². The van der Waals surface area contributed by atoms with Crippen molar-refractivity contribution in [2.24, 2.45) is 0 Å². The van der Waals surface area contributed by atoms with E-state index in [1.807, 2.05) is 24.3 Å². The molecule has 0 radical (unpaired) electrons. The minimum Gasteiger partial charge on any atom is -0.268 e. The molecule has 3 rings (SSSR count). The molecule has 3 nitrogen and oxygen atoms in total. The van der Waals surface area contributed by atoms with E-state index in [0.29, 0.717) is 11.3 Å². The van der Waals surface area contributed by atoms with Crippen molar-refractivity contribution in [1.82, 2.24) is 9.78 Å². The molecule has 1 heterocycles. The molecule has 0 N–H and O–H groups in total. The topological polar surface area (TPSA) is 34.9 Å². The summed E-state index contributed by atoms with van der Waals surface area (Å²) in [6, 6.07) is 14.1. The van der Waals surface area contributed by atoms with Crippen molar-refractivity contribution >= 4 is 15.9 Å². The van der Waals surface area contributed by atoms with Crippen molar-refractivity contribution in [2.75, 3.05) is 0 Å². The zero-order chi connectivity index (χ0) is 16.4. The van der Waals surface area contributed by atoms with E-state index in [4.69, 9.17) is 0 Å². The summed E-state index contributed by atoms with van der Waals surface area (Å²) in [7, 11) is 0. The third kappa shape index (κ3) is 3.53. The summed E-state index contributed by atoms with van der Waals surface area (Å²) in [5, 5.41) is 4.29. The molecule has 3 aromatic rings. The van der Waals surface area contributed by atoms with E-state index in [1.165, 1.54) is 16.8 Å². The Balaban J connectivity index is 1.96. The molecule has 0 aliphatic heterocycles. The van der Waals surface area contributed by atoms with Gasteiger partial charge in [-0.2, -0.15) is 5.10 Å². The van der Waals surface area contributed by atoms with Gasteiger partial charge in [-0.15, -0.1) is 0 Å². The van der Waals surface area contributed by atoms with Crippen LogP contribution in [0.2, 0.25) is 0 Å². The highest BCUT2D eigenvalue weighted by molar-refractivity contribution is 9.10. The zero-order valence-electron chi connectivity index (χ0n) is 11.8. The number of aromatic nitrogens is 2. The average molecular weight is 377 g/mol. The Labute approximate surface area is 139 Å². The number of benzene rings is 2. The Bertz CT molecular complexity index is 907. The largest absolute Gasteiger partial charge is 0.268 e. The fourth-order valence-electron chi connectivity index (χ4n) is 2.15. The van der Waals surface area contributed by atoms with Crippen molar-refractivity contribution in [3.63, 3.8) is 0 Å². The summed E-state index contributed by atoms with van der Waals surface area (Å²) < 4.78 is 28.4. The molecule has 0 unspecified atom stereocenters. The van der Waals surface area contributed by atoms with Gasteiger partial charge in [0.1, 0.15) is 0 Å². The predicted molar refractivity (Wildman–Crippen MR) is 87.1 cm³/mol. The van der Waals surface area contributed by atoms with E-state index < -0.39 is 11.6 Å². The number of hydrogen-bond donors (Lipinski definition) is 0. The van der Waals surface area contributed by atoms with Crippen LogP contribution < -0.4 is 5.56 Å². The van der Waals surface area contributed by atoms with Crippen LogP contribution in [0.25, 0.3) is 11.3 Å². The monoisotopic (exact) mass is 376 g/mol. The lowest BCUT2D eigenvalue weighted by Crippen LogP contribution is -2.22. The third-order valence-corrected chi connectivity index (χ3v) is 3.85. The first-order valence-electron chi connectivity index (χ1n) is 6.81. The maximum atomic E-state index is 13.3. The smallest absolute Gasteiger partial charge is 0.267 e. The summed E-state index contributed by atoms with van der Waals surface area (Å²) in [4.78, 5) is 11.9. The summed E-state index contributed by atoms with van der Waals surface area (Å²) in [5.41, 5.74) is 1.63. The van der Waals surface area contributed by atoms with Gasteiger partial charge in [0.25, 0.3) is 5.56 Å². The summed E-state index contributed by atoms with van der Waals surface area (Å²) in [6.45, 7) is 0.0698. The fraction of sp³-hybridized carbons (Fsp3) is 0.0588. The normalized spacial score (nSPS) is 10.7. The van der Waals surface area contributed by atoms with Gasteiger partial charge in [0.2, 0.25) is 0 Å². The van der Waals surface area contributed by atoms with Gasteiger partial charge in [-0.3, -0.25) is 4.79 Å². The Morgan fingerprint density at radius 3 is 2.39 bits per heavy atom. The van der Waals surface area contributed by atoms with Gasteiger partial charge in [0.05, 0.1) is 12.2 Å². The molecule has 0 aliphatic rings. The predicted octanol–water partition coefficient (Wildman–Crippen LogP) is 4.00. The van der Waals surface area contributed by atoms with Gasteiger partial charge >= 0.3 is 0 Å². The van der Waals surface area contributed by atoms with Crippen LogP contribution >= 0.6 is 15.9 Å². The standard InChI is InChI=1S/C17H11BrF2N2O/c18-13-4-2-12(3-5-13)16-7-8-17(23)22(21-16)10-11-1-6-14(19)15(20)9-11/h1-9H,10H2. The molecule has 116 valence electrons. The van der Waals surface area contributed by atoms with Crippen LogP contribution in [-0.2, 0) is 6.54 Å². The number of rotatable bonds is 3. The molecular weight excluding hydrogens is 366 g/mol. The molecular formula is C17H11BrF2N2O. The molecule has 0 saturated heterocycles. The maximum Gasteiger partial charge on any atom is 0.267 e. The SMILES string of the molecule is O=c1ccc(-c2ccc(Br)cc2)nn1Cc1ccc(F)c(F)c1. The van der Waals surface area contributed by atoms with E-state index >= 15 is 0 Å². The van der Waals surface area contributed by atoms with Gasteiger partial charge in [0.15, 0.2) is 11.6 Å². The highest BCUT2D eigenvalue weighted by Gasteiger charge is 2.07. The highest BCUT2D eigenvalue weighted by Crippen LogP contribution is 2.19. The summed E-state index contributed by atoms with van der Waals surface area (Å²) in [6.07, 6.45) is 0. The van der Waals surface area contributed by atoms with Gasteiger partial charge in [0, 0.05) is 16.1 Å². The zero-order valence-corrected chi connectivity index (χ0v) is 13.4. The second-order valence-corrected chi connectivity index (χ2v) is 5.89. The summed E-state index contributed by atoms with van der Waals surface area (Å²) in [5.74, 6) is -1.86. The Morgan fingerprint density at radius 2 is 1.70 bits per heavy atom. The first-order valence-corrected chi connectivity index (χ1v) is 7.60. The maximum absolute atomic E-state index is 13.3. The quantitative estimate of drug-likeness (QED) is 0.692. The lowest BCUT2D eigenvalue weighted by atomic mass is 10.1. The fourth-order valence-corrected chi connectivity index (χ4v) is 2.41. The molecule has 0 aliphatic carbocycles. The first-order chi connectivity index (χ1) is 11.0. The van der Waals surface area contributed by atoms with Crippen LogP contribution in [0.1, 0.15) is 5.56 Å². The highest BCUT2D eigenvalue weighted by atomic mass is 79.9. The lowest BCUT2D eigenvalue weighted by Gasteiger charge is -2.08. The molecule has 0 fully saturated rings. The van der Waals surface area contributed by atoms with Crippen LogP contribution in [0, 0.1) is 11.6 Å². The molecule has 0 spiro atoms. The molecule has 2 aromatic carbocycles. The van der Waals surface area contributed by atoms with E-state index in [-0.39, 0.29) is 12.1 Å².